The second-order valence-corrected chi connectivity index (χ2v) is 6.29. The molecule has 1 aromatic heterocycles. The van der Waals surface area contributed by atoms with Gasteiger partial charge in [-0.25, -0.2) is 4.58 Å². The first-order valence-electron chi connectivity index (χ1n) is 6.26. The first kappa shape index (κ1) is 14.7. The highest BCUT2D eigenvalue weighted by Gasteiger charge is 2.41. The summed E-state index contributed by atoms with van der Waals surface area (Å²) in [6.07, 6.45) is 0. The molecule has 1 nitrogen and oxygen atoms in total. The number of halogens is 1. The van der Waals surface area contributed by atoms with Crippen molar-refractivity contribution in [3.05, 3.63) is 40.6 Å². The molecule has 3 rings (SSSR count). The van der Waals surface area contributed by atoms with Gasteiger partial charge in [-0.3, -0.25) is 0 Å². The van der Waals surface area contributed by atoms with Crippen LogP contribution in [0.5, 0.6) is 0 Å². The van der Waals surface area contributed by atoms with E-state index in [1.165, 1.54) is 28.1 Å². The lowest BCUT2D eigenvalue weighted by molar-refractivity contribution is -0.403. The number of nitrogens with zero attached hydrogens (tertiary/aromatic N) is 1. The van der Waals surface area contributed by atoms with Gasteiger partial charge in [-0.1, -0.05) is 0 Å². The van der Waals surface area contributed by atoms with Crippen LogP contribution in [0.3, 0.4) is 0 Å². The van der Waals surface area contributed by atoms with E-state index in [0.29, 0.717) is 0 Å². The molecule has 0 atom stereocenters. The molecule has 1 aromatic carbocycles. The molecule has 0 radical (unpaired) electrons. The van der Waals surface area contributed by atoms with E-state index in [-0.39, 0.29) is 29.4 Å². The topological polar surface area (TPSA) is 3.01 Å². The van der Waals surface area contributed by atoms with E-state index in [1.54, 1.807) is 11.3 Å². The standard InChI is InChI=1S/C16H18NS.HI/c1-11-16(2,3)14-9-12(13-7-8-18-10-13)5-6-15(14)17(11)4;/h5-10H,1-4H3;1H/q+1;/p-1. The fourth-order valence-corrected chi connectivity index (χ4v) is 3.40. The number of hydrogen-bond acceptors (Lipinski definition) is 1. The summed E-state index contributed by atoms with van der Waals surface area (Å²) in [5.41, 5.74) is 6.98. The number of fused-ring (bicyclic) bond motifs is 1. The van der Waals surface area contributed by atoms with E-state index in [4.69, 9.17) is 0 Å². The molecule has 0 N–H and O–H groups in total. The van der Waals surface area contributed by atoms with Crippen molar-refractivity contribution < 1.29 is 28.6 Å². The molecule has 0 unspecified atom stereocenters. The average Bonchev–Trinajstić information content (AvgIpc) is 2.94. The highest BCUT2D eigenvalue weighted by Crippen LogP contribution is 2.41. The van der Waals surface area contributed by atoms with E-state index >= 15 is 0 Å². The zero-order chi connectivity index (χ0) is 12.9. The maximum Gasteiger partial charge on any atom is 0.209 e. The number of rotatable bonds is 1. The monoisotopic (exact) mass is 383 g/mol. The third-order valence-electron chi connectivity index (χ3n) is 4.29. The van der Waals surface area contributed by atoms with Crippen LogP contribution in [0.4, 0.5) is 5.69 Å². The van der Waals surface area contributed by atoms with Crippen LogP contribution >= 0.6 is 11.3 Å². The van der Waals surface area contributed by atoms with Gasteiger partial charge in [0.05, 0.1) is 5.41 Å². The summed E-state index contributed by atoms with van der Waals surface area (Å²) in [5.74, 6) is 0. The third-order valence-corrected chi connectivity index (χ3v) is 4.98. The van der Waals surface area contributed by atoms with E-state index in [1.807, 2.05) is 0 Å². The van der Waals surface area contributed by atoms with Gasteiger partial charge >= 0.3 is 0 Å². The van der Waals surface area contributed by atoms with Gasteiger partial charge in [-0.05, 0) is 53.9 Å². The molecular weight excluding hydrogens is 365 g/mol. The van der Waals surface area contributed by atoms with Gasteiger partial charge in [0, 0.05) is 18.6 Å². The zero-order valence-corrected chi connectivity index (χ0v) is 14.7. The Labute approximate surface area is 136 Å². The average molecular weight is 383 g/mol. The summed E-state index contributed by atoms with van der Waals surface area (Å²) in [4.78, 5) is 0. The van der Waals surface area contributed by atoms with Crippen LogP contribution in [0.15, 0.2) is 35.0 Å². The van der Waals surface area contributed by atoms with Crippen LogP contribution in [0.2, 0.25) is 0 Å². The summed E-state index contributed by atoms with van der Waals surface area (Å²) in [5, 5.41) is 4.35. The summed E-state index contributed by atoms with van der Waals surface area (Å²) in [7, 11) is 2.16. The lowest BCUT2D eigenvalue weighted by Crippen LogP contribution is -3.00. The molecule has 3 heteroatoms. The van der Waals surface area contributed by atoms with Gasteiger partial charge in [-0.15, -0.1) is 0 Å². The first-order valence-corrected chi connectivity index (χ1v) is 7.21. The Kier molecular flexibility index (Phi) is 3.89. The predicted molar refractivity (Wildman–Crippen MR) is 79.3 cm³/mol. The number of thiophene rings is 1. The molecule has 1 aliphatic heterocycles. The number of hydrogen-bond donors (Lipinski definition) is 0. The largest absolute Gasteiger partial charge is 1.00 e. The Morgan fingerprint density at radius 1 is 1.11 bits per heavy atom. The molecule has 2 aromatic rings. The summed E-state index contributed by atoms with van der Waals surface area (Å²) in [6.45, 7) is 6.84. The molecule has 0 amide bonds. The molecule has 0 bridgehead atoms. The summed E-state index contributed by atoms with van der Waals surface area (Å²) in [6, 6.07) is 9.02. The van der Waals surface area contributed by atoms with Crippen molar-refractivity contribution in [1.29, 1.82) is 0 Å². The van der Waals surface area contributed by atoms with E-state index in [2.05, 4.69) is 67.4 Å². The van der Waals surface area contributed by atoms with Crippen molar-refractivity contribution >= 4 is 22.7 Å². The Bertz CT molecular complexity index is 639. The van der Waals surface area contributed by atoms with Crippen molar-refractivity contribution in [3.63, 3.8) is 0 Å². The Hall–Kier alpha value is -0.680. The summed E-state index contributed by atoms with van der Waals surface area (Å²) >= 11 is 1.75. The van der Waals surface area contributed by atoms with Crippen LogP contribution in [-0.2, 0) is 5.41 Å². The molecule has 0 aliphatic carbocycles. The molecular formula is C16H18INS. The van der Waals surface area contributed by atoms with Gasteiger partial charge in [0.2, 0.25) is 5.69 Å². The van der Waals surface area contributed by atoms with Crippen molar-refractivity contribution in [1.82, 2.24) is 0 Å². The Morgan fingerprint density at radius 2 is 1.84 bits per heavy atom. The van der Waals surface area contributed by atoms with Gasteiger partial charge in [-0.2, -0.15) is 11.3 Å². The third kappa shape index (κ3) is 2.17. The van der Waals surface area contributed by atoms with Crippen molar-refractivity contribution in [2.45, 2.75) is 26.2 Å². The molecule has 0 saturated heterocycles. The summed E-state index contributed by atoms with van der Waals surface area (Å²) < 4.78 is 2.31. The second kappa shape index (κ2) is 5.02. The minimum atomic E-state index is 0. The van der Waals surface area contributed by atoms with Gasteiger partial charge in [0.25, 0.3) is 0 Å². The van der Waals surface area contributed by atoms with Crippen LogP contribution in [0, 0.1) is 0 Å². The van der Waals surface area contributed by atoms with Crippen LogP contribution in [-0.4, -0.2) is 17.3 Å². The van der Waals surface area contributed by atoms with E-state index in [0.717, 1.165) is 0 Å². The van der Waals surface area contributed by atoms with Gasteiger partial charge in [0.15, 0.2) is 5.71 Å². The molecule has 0 spiro atoms. The van der Waals surface area contributed by atoms with E-state index < -0.39 is 0 Å². The Morgan fingerprint density at radius 3 is 2.47 bits per heavy atom. The maximum absolute atomic E-state index is 2.35. The fourth-order valence-electron chi connectivity index (χ4n) is 2.73. The lowest BCUT2D eigenvalue weighted by atomic mass is 9.81. The quantitative estimate of drug-likeness (QED) is 0.518. The maximum atomic E-state index is 2.35. The SMILES string of the molecule is CC1=[N+](C)c2ccc(-c3ccsc3)cc2C1(C)C.[I-]. The zero-order valence-electron chi connectivity index (χ0n) is 11.7. The van der Waals surface area contributed by atoms with Crippen molar-refractivity contribution in [2.24, 2.45) is 0 Å². The molecule has 19 heavy (non-hydrogen) atoms. The normalized spacial score (nSPS) is 16.2. The van der Waals surface area contributed by atoms with Crippen LogP contribution < -0.4 is 24.0 Å². The van der Waals surface area contributed by atoms with Crippen molar-refractivity contribution in [2.75, 3.05) is 7.05 Å². The molecule has 2 heterocycles. The fraction of sp³-hybridized carbons (Fsp3) is 0.312. The van der Waals surface area contributed by atoms with Gasteiger partial charge in [0.1, 0.15) is 7.05 Å². The second-order valence-electron chi connectivity index (χ2n) is 5.51. The predicted octanol–water partition coefficient (Wildman–Crippen LogP) is 1.44. The highest BCUT2D eigenvalue weighted by atomic mass is 127. The highest BCUT2D eigenvalue weighted by molar-refractivity contribution is 7.08. The number of benzene rings is 1. The van der Waals surface area contributed by atoms with Crippen molar-refractivity contribution in [3.8, 4) is 11.1 Å². The lowest BCUT2D eigenvalue weighted by Gasteiger charge is -2.15. The molecule has 1 aliphatic rings. The molecule has 100 valence electrons. The molecule has 0 saturated carbocycles. The van der Waals surface area contributed by atoms with E-state index in [9.17, 15) is 0 Å². The minimum Gasteiger partial charge on any atom is -1.00 e. The minimum absolute atomic E-state index is 0. The first-order chi connectivity index (χ1) is 8.51. The smallest absolute Gasteiger partial charge is 0.209 e. The van der Waals surface area contributed by atoms with Gasteiger partial charge < -0.3 is 24.0 Å². The molecule has 0 fully saturated rings. The Balaban J connectivity index is 0.00000133. The van der Waals surface area contributed by atoms with Crippen LogP contribution in [0.1, 0.15) is 26.3 Å². The van der Waals surface area contributed by atoms with Crippen LogP contribution in [0.25, 0.3) is 11.1 Å².